The minimum Gasteiger partial charge on any atom is -0.286 e. The molecule has 3 heteroatoms. The van der Waals surface area contributed by atoms with Gasteiger partial charge in [0.2, 0.25) is 0 Å². The van der Waals surface area contributed by atoms with Crippen LogP contribution in [0, 0.1) is 0 Å². The van der Waals surface area contributed by atoms with Gasteiger partial charge in [0.05, 0.1) is 0 Å². The molecule has 0 spiro atoms. The summed E-state index contributed by atoms with van der Waals surface area (Å²) < 4.78 is 0. The first-order valence-electron chi connectivity index (χ1n) is 9.71. The lowest BCUT2D eigenvalue weighted by Crippen LogP contribution is -2.22. The fourth-order valence-corrected chi connectivity index (χ4v) is 3.04. The van der Waals surface area contributed by atoms with E-state index in [1.807, 2.05) is 12.1 Å². The predicted molar refractivity (Wildman–Crippen MR) is 100 cm³/mol. The van der Waals surface area contributed by atoms with Gasteiger partial charge in [-0.25, -0.2) is 5.06 Å². The zero-order valence-corrected chi connectivity index (χ0v) is 15.6. The third kappa shape index (κ3) is 9.07. The third-order valence-electron chi connectivity index (χ3n) is 4.54. The largest absolute Gasteiger partial charge is 0.286 e. The fourth-order valence-electron chi connectivity index (χ4n) is 3.04. The lowest BCUT2D eigenvalue weighted by Gasteiger charge is -2.09. The van der Waals surface area contributed by atoms with E-state index in [9.17, 15) is 10.0 Å². The number of carbonyl (C=O) groups excluding carboxylic acids is 1. The summed E-state index contributed by atoms with van der Waals surface area (Å²) >= 11 is 0. The minimum atomic E-state index is -0.351. The molecule has 0 bridgehead atoms. The summed E-state index contributed by atoms with van der Waals surface area (Å²) in [5.74, 6) is -0.351. The highest BCUT2D eigenvalue weighted by molar-refractivity contribution is 5.93. The van der Waals surface area contributed by atoms with E-state index < -0.39 is 0 Å². The normalized spacial score (nSPS) is 10.8. The van der Waals surface area contributed by atoms with Crippen molar-refractivity contribution in [3.05, 3.63) is 35.4 Å². The maximum Gasteiger partial charge on any atom is 0.276 e. The maximum absolute atomic E-state index is 11.7. The van der Waals surface area contributed by atoms with Crippen LogP contribution in [0.4, 0.5) is 0 Å². The molecule has 0 saturated carbocycles. The van der Waals surface area contributed by atoms with Crippen LogP contribution in [0.5, 0.6) is 0 Å². The Balaban J connectivity index is 2.07. The molecule has 136 valence electrons. The Labute approximate surface area is 148 Å². The summed E-state index contributed by atoms with van der Waals surface area (Å²) in [6.45, 7) is 2.26. The van der Waals surface area contributed by atoms with E-state index in [-0.39, 0.29) is 5.91 Å². The van der Waals surface area contributed by atoms with E-state index in [1.54, 1.807) is 6.07 Å². The number of aryl methyl sites for hydroxylation is 1. The molecule has 1 aromatic carbocycles. The number of hydrogen-bond donors (Lipinski definition) is 1. The summed E-state index contributed by atoms with van der Waals surface area (Å²) in [5, 5.41) is 9.87. The highest BCUT2D eigenvalue weighted by Gasteiger charge is 2.09. The van der Waals surface area contributed by atoms with Crippen molar-refractivity contribution in [2.45, 2.75) is 84.0 Å². The van der Waals surface area contributed by atoms with Gasteiger partial charge in [-0.15, -0.1) is 0 Å². The van der Waals surface area contributed by atoms with E-state index in [4.69, 9.17) is 0 Å². The zero-order valence-electron chi connectivity index (χ0n) is 15.6. The van der Waals surface area contributed by atoms with E-state index in [1.165, 1.54) is 83.2 Å². The van der Waals surface area contributed by atoms with Crippen LogP contribution in [-0.4, -0.2) is 23.2 Å². The van der Waals surface area contributed by atoms with Crippen molar-refractivity contribution >= 4 is 5.91 Å². The first kappa shape index (κ1) is 20.7. The average molecular weight is 334 g/mol. The number of hydrogen-bond acceptors (Lipinski definition) is 2. The first-order chi connectivity index (χ1) is 11.6. The molecule has 3 nitrogen and oxygen atoms in total. The van der Waals surface area contributed by atoms with Crippen LogP contribution in [0.1, 0.15) is 93.5 Å². The molecule has 0 aliphatic heterocycles. The number of carbonyl (C=O) groups is 1. The summed E-state index contributed by atoms with van der Waals surface area (Å²) in [6, 6.07) is 7.60. The van der Waals surface area contributed by atoms with Crippen LogP contribution in [0.25, 0.3) is 0 Å². The van der Waals surface area contributed by atoms with Crippen LogP contribution < -0.4 is 0 Å². The predicted octanol–water partition coefficient (Wildman–Crippen LogP) is 6.00. The molecule has 1 rings (SSSR count). The fraction of sp³-hybridized carbons (Fsp3) is 0.667. The molecular weight excluding hydrogens is 298 g/mol. The van der Waals surface area contributed by atoms with Gasteiger partial charge in [0.1, 0.15) is 0 Å². The Hall–Kier alpha value is -1.35. The van der Waals surface area contributed by atoms with Crippen molar-refractivity contribution in [1.82, 2.24) is 5.06 Å². The van der Waals surface area contributed by atoms with Crippen molar-refractivity contribution in [3.8, 4) is 0 Å². The van der Waals surface area contributed by atoms with Crippen molar-refractivity contribution < 1.29 is 10.0 Å². The molecule has 0 heterocycles. The van der Waals surface area contributed by atoms with Gasteiger partial charge in [-0.05, 0) is 30.5 Å². The molecule has 1 aromatic rings. The third-order valence-corrected chi connectivity index (χ3v) is 4.54. The molecule has 0 aliphatic carbocycles. The Morgan fingerprint density at radius 3 is 2.00 bits per heavy atom. The smallest absolute Gasteiger partial charge is 0.276 e. The Bertz CT molecular complexity index is 457. The summed E-state index contributed by atoms with van der Waals surface area (Å²) in [7, 11) is 1.36. The average Bonchev–Trinajstić information content (AvgIpc) is 2.59. The number of benzene rings is 1. The molecule has 0 fully saturated rings. The molecule has 0 unspecified atom stereocenters. The van der Waals surface area contributed by atoms with Crippen molar-refractivity contribution in [2.75, 3.05) is 7.05 Å². The zero-order chi connectivity index (χ0) is 17.6. The van der Waals surface area contributed by atoms with E-state index in [2.05, 4.69) is 13.0 Å². The van der Waals surface area contributed by atoms with Crippen molar-refractivity contribution in [3.63, 3.8) is 0 Å². The molecule has 0 saturated heterocycles. The van der Waals surface area contributed by atoms with Gasteiger partial charge >= 0.3 is 0 Å². The van der Waals surface area contributed by atoms with Crippen LogP contribution >= 0.6 is 0 Å². The quantitative estimate of drug-likeness (QED) is 0.273. The van der Waals surface area contributed by atoms with Crippen LogP contribution in [0.2, 0.25) is 0 Å². The lowest BCUT2D eigenvalue weighted by atomic mass is 10.0. The molecule has 24 heavy (non-hydrogen) atoms. The monoisotopic (exact) mass is 333 g/mol. The number of nitrogens with zero attached hydrogens (tertiary/aromatic N) is 1. The van der Waals surface area contributed by atoms with Gasteiger partial charge < -0.3 is 0 Å². The van der Waals surface area contributed by atoms with E-state index in [0.717, 1.165) is 6.42 Å². The number of amides is 1. The van der Waals surface area contributed by atoms with E-state index >= 15 is 0 Å². The van der Waals surface area contributed by atoms with Crippen LogP contribution in [0.15, 0.2) is 24.3 Å². The van der Waals surface area contributed by atoms with Crippen LogP contribution in [0.3, 0.4) is 0 Å². The molecule has 0 aliphatic rings. The van der Waals surface area contributed by atoms with Gasteiger partial charge in [0.25, 0.3) is 5.91 Å². The van der Waals surface area contributed by atoms with Crippen LogP contribution in [-0.2, 0) is 6.42 Å². The molecule has 0 aromatic heterocycles. The molecule has 0 atom stereocenters. The molecular formula is C21H35NO2. The summed E-state index contributed by atoms with van der Waals surface area (Å²) in [6.07, 6.45) is 15.8. The number of unbranched alkanes of at least 4 members (excludes halogenated alkanes) is 10. The van der Waals surface area contributed by atoms with Crippen molar-refractivity contribution in [2.24, 2.45) is 0 Å². The molecule has 0 radical (unpaired) electrons. The second-order valence-corrected chi connectivity index (χ2v) is 6.81. The standard InChI is InChI=1S/C21H35NO2/c1-3-4-5-6-7-8-9-10-11-12-13-15-19-16-14-17-20(18-19)21(23)22(2)24/h14,16-18,24H,3-13,15H2,1-2H3. The number of hydroxylamine groups is 2. The van der Waals surface area contributed by atoms with Gasteiger partial charge in [-0.2, -0.15) is 0 Å². The topological polar surface area (TPSA) is 40.5 Å². The summed E-state index contributed by atoms with van der Waals surface area (Å²) in [5.41, 5.74) is 1.74. The first-order valence-corrected chi connectivity index (χ1v) is 9.71. The highest BCUT2D eigenvalue weighted by atomic mass is 16.5. The maximum atomic E-state index is 11.7. The second kappa shape index (κ2) is 13.0. The lowest BCUT2D eigenvalue weighted by molar-refractivity contribution is -0.0375. The van der Waals surface area contributed by atoms with Gasteiger partial charge in [0, 0.05) is 12.6 Å². The Kier molecular flexibility index (Phi) is 11.2. The Morgan fingerprint density at radius 1 is 0.917 bits per heavy atom. The number of rotatable bonds is 13. The second-order valence-electron chi connectivity index (χ2n) is 6.81. The summed E-state index contributed by atoms with van der Waals surface area (Å²) in [4.78, 5) is 11.7. The Morgan fingerprint density at radius 2 is 1.46 bits per heavy atom. The molecule has 1 N–H and O–H groups in total. The highest BCUT2D eigenvalue weighted by Crippen LogP contribution is 2.14. The van der Waals surface area contributed by atoms with Gasteiger partial charge in [0.15, 0.2) is 0 Å². The van der Waals surface area contributed by atoms with Gasteiger partial charge in [-0.1, -0.05) is 83.3 Å². The van der Waals surface area contributed by atoms with Crippen molar-refractivity contribution in [1.29, 1.82) is 0 Å². The van der Waals surface area contributed by atoms with Gasteiger partial charge in [-0.3, -0.25) is 10.0 Å². The molecule has 1 amide bonds. The van der Waals surface area contributed by atoms with E-state index in [0.29, 0.717) is 10.6 Å². The SMILES string of the molecule is CCCCCCCCCCCCCc1cccc(C(=O)N(C)O)c1. The minimum absolute atomic E-state index is 0.351.